The predicted octanol–water partition coefficient (Wildman–Crippen LogP) is 10.9. The van der Waals surface area contributed by atoms with Crippen molar-refractivity contribution in [3.8, 4) is 0 Å². The maximum absolute atomic E-state index is 2.60. The van der Waals surface area contributed by atoms with E-state index in [0.29, 0.717) is 0 Å². The lowest BCUT2D eigenvalue weighted by atomic mass is 9.75. The van der Waals surface area contributed by atoms with Gasteiger partial charge in [0.05, 0.1) is 0 Å². The zero-order valence-electron chi connectivity index (χ0n) is 22.9. The zero-order valence-corrected chi connectivity index (χ0v) is 22.9. The van der Waals surface area contributed by atoms with E-state index in [1.165, 1.54) is 89.9 Å². The van der Waals surface area contributed by atoms with Crippen molar-refractivity contribution >= 4 is 0 Å². The minimum absolute atomic E-state index is 0.896. The Kier molecular flexibility index (Phi) is 18.6. The maximum Gasteiger partial charge on any atom is -0.0406 e. The number of hydrogen-bond donors (Lipinski definition) is 0. The molecule has 0 amide bonds. The molecule has 0 heterocycles. The van der Waals surface area contributed by atoms with Crippen molar-refractivity contribution < 1.29 is 0 Å². The smallest absolute Gasteiger partial charge is 0.0406 e. The monoisotopic (exact) mass is 422 g/mol. The minimum Gasteiger partial charge on any atom is -0.0651 e. The van der Waals surface area contributed by atoms with Crippen molar-refractivity contribution in [3.63, 3.8) is 0 Å². The van der Waals surface area contributed by atoms with Crippen molar-refractivity contribution in [1.82, 2.24) is 0 Å². The van der Waals surface area contributed by atoms with Crippen molar-refractivity contribution in [1.29, 1.82) is 0 Å². The molecule has 0 heteroatoms. The standard InChI is InChI=1S/C30H62/c1-10-25(11-2)20-29(21-26(12-3)13-4)18-24(9)19-30(22-27(14-5)15-6)23-28(16-7)17-8/h24-30H,10-23H2,1-9H3. The van der Waals surface area contributed by atoms with Gasteiger partial charge in [-0.05, 0) is 80.0 Å². The Morgan fingerprint density at radius 2 is 0.500 bits per heavy atom. The molecule has 0 aromatic rings. The molecule has 0 spiro atoms. The molecule has 0 saturated heterocycles. The first-order valence-corrected chi connectivity index (χ1v) is 14.4. The summed E-state index contributed by atoms with van der Waals surface area (Å²) in [5.74, 6) is 6.59. The van der Waals surface area contributed by atoms with Crippen LogP contribution in [0.5, 0.6) is 0 Å². The van der Waals surface area contributed by atoms with Gasteiger partial charge in [0.15, 0.2) is 0 Å². The van der Waals surface area contributed by atoms with E-state index in [2.05, 4.69) is 62.3 Å². The lowest BCUT2D eigenvalue weighted by Crippen LogP contribution is -2.19. The molecule has 30 heavy (non-hydrogen) atoms. The average Bonchev–Trinajstić information content (AvgIpc) is 2.76. The van der Waals surface area contributed by atoms with E-state index in [1.54, 1.807) is 0 Å². The van der Waals surface area contributed by atoms with Gasteiger partial charge in [0, 0.05) is 0 Å². The molecule has 0 rings (SSSR count). The molecule has 0 aromatic heterocycles. The van der Waals surface area contributed by atoms with Crippen LogP contribution in [-0.4, -0.2) is 0 Å². The molecular weight excluding hydrogens is 360 g/mol. The molecule has 0 N–H and O–H groups in total. The molecule has 0 aliphatic heterocycles. The molecule has 0 aliphatic rings. The highest BCUT2D eigenvalue weighted by Gasteiger charge is 2.24. The summed E-state index contributed by atoms with van der Waals surface area (Å²) < 4.78 is 0. The van der Waals surface area contributed by atoms with Crippen LogP contribution in [0.3, 0.4) is 0 Å². The normalized spacial score (nSPS) is 12.8. The van der Waals surface area contributed by atoms with Gasteiger partial charge < -0.3 is 0 Å². The highest BCUT2D eigenvalue weighted by Crippen LogP contribution is 2.36. The SMILES string of the molecule is CCC(CC)CC(CC(C)CC(CC(CC)CC)CC(CC)CC)CC(CC)CC. The molecule has 0 aliphatic carbocycles. The Morgan fingerprint density at radius 3 is 0.667 bits per heavy atom. The van der Waals surface area contributed by atoms with Gasteiger partial charge in [0.25, 0.3) is 0 Å². The molecule has 0 nitrogen and oxygen atoms in total. The summed E-state index contributed by atoms with van der Waals surface area (Å²) in [5.41, 5.74) is 0. The second kappa shape index (κ2) is 18.6. The first kappa shape index (κ1) is 30.0. The quantitative estimate of drug-likeness (QED) is 0.183. The average molecular weight is 423 g/mol. The molecule has 0 bridgehead atoms. The van der Waals surface area contributed by atoms with Gasteiger partial charge in [0.2, 0.25) is 0 Å². The van der Waals surface area contributed by atoms with Gasteiger partial charge in [-0.25, -0.2) is 0 Å². The van der Waals surface area contributed by atoms with Gasteiger partial charge in [0.1, 0.15) is 0 Å². The third kappa shape index (κ3) is 12.8. The summed E-state index contributed by atoms with van der Waals surface area (Å²) in [4.78, 5) is 0. The van der Waals surface area contributed by atoms with E-state index < -0.39 is 0 Å². The maximum atomic E-state index is 2.60. The lowest BCUT2D eigenvalue weighted by Gasteiger charge is -2.31. The Bertz CT molecular complexity index is 281. The fourth-order valence-corrected chi connectivity index (χ4v) is 6.19. The van der Waals surface area contributed by atoms with Gasteiger partial charge in [-0.2, -0.15) is 0 Å². The zero-order chi connectivity index (χ0) is 22.9. The van der Waals surface area contributed by atoms with Crippen molar-refractivity contribution in [2.75, 3.05) is 0 Å². The largest absolute Gasteiger partial charge is 0.0651 e. The van der Waals surface area contributed by atoms with E-state index in [9.17, 15) is 0 Å². The Labute approximate surface area is 193 Å². The predicted molar refractivity (Wildman–Crippen MR) is 140 cm³/mol. The van der Waals surface area contributed by atoms with E-state index in [1.807, 2.05) is 0 Å². The molecular formula is C30H62. The summed E-state index contributed by atoms with van der Waals surface area (Å²) in [6, 6.07) is 0. The minimum atomic E-state index is 0.896. The first-order valence-electron chi connectivity index (χ1n) is 14.4. The first-order chi connectivity index (χ1) is 14.4. The molecule has 182 valence electrons. The van der Waals surface area contributed by atoms with Crippen LogP contribution in [-0.2, 0) is 0 Å². The molecule has 0 atom stereocenters. The molecule has 0 unspecified atom stereocenters. The fraction of sp³-hybridized carbons (Fsp3) is 1.00. The highest BCUT2D eigenvalue weighted by atomic mass is 14.3. The Hall–Kier alpha value is 0. The van der Waals surface area contributed by atoms with Crippen molar-refractivity contribution in [2.45, 2.75) is 152 Å². The third-order valence-corrected chi connectivity index (χ3v) is 8.76. The fourth-order valence-electron chi connectivity index (χ4n) is 6.19. The second-order valence-electron chi connectivity index (χ2n) is 11.0. The van der Waals surface area contributed by atoms with Crippen LogP contribution in [0.25, 0.3) is 0 Å². The third-order valence-electron chi connectivity index (χ3n) is 8.76. The highest BCUT2D eigenvalue weighted by molar-refractivity contribution is 4.76. The van der Waals surface area contributed by atoms with Gasteiger partial charge >= 0.3 is 0 Å². The van der Waals surface area contributed by atoms with Crippen LogP contribution in [0.1, 0.15) is 152 Å². The van der Waals surface area contributed by atoms with Crippen LogP contribution in [0.4, 0.5) is 0 Å². The molecule has 0 aromatic carbocycles. The van der Waals surface area contributed by atoms with Crippen LogP contribution >= 0.6 is 0 Å². The summed E-state index contributed by atoms with van der Waals surface area (Å²) in [5, 5.41) is 0. The van der Waals surface area contributed by atoms with Crippen LogP contribution < -0.4 is 0 Å². The van der Waals surface area contributed by atoms with Crippen LogP contribution in [0.15, 0.2) is 0 Å². The Balaban J connectivity index is 5.14. The number of hydrogen-bond acceptors (Lipinski definition) is 0. The second-order valence-corrected chi connectivity index (χ2v) is 11.0. The van der Waals surface area contributed by atoms with E-state index in [-0.39, 0.29) is 0 Å². The summed E-state index contributed by atoms with van der Waals surface area (Å²) in [6.45, 7) is 21.9. The molecule has 0 fully saturated rings. The van der Waals surface area contributed by atoms with Gasteiger partial charge in [-0.15, -0.1) is 0 Å². The van der Waals surface area contributed by atoms with Gasteiger partial charge in [-0.1, -0.05) is 114 Å². The van der Waals surface area contributed by atoms with Crippen LogP contribution in [0.2, 0.25) is 0 Å². The number of rotatable bonds is 20. The Morgan fingerprint density at radius 1 is 0.300 bits per heavy atom. The van der Waals surface area contributed by atoms with Crippen molar-refractivity contribution in [3.05, 3.63) is 0 Å². The summed E-state index contributed by atoms with van der Waals surface area (Å²) in [6.07, 6.45) is 19.9. The van der Waals surface area contributed by atoms with E-state index >= 15 is 0 Å². The van der Waals surface area contributed by atoms with Crippen molar-refractivity contribution in [2.24, 2.45) is 41.4 Å². The summed E-state index contributed by atoms with van der Waals surface area (Å²) >= 11 is 0. The lowest BCUT2D eigenvalue weighted by molar-refractivity contribution is 0.203. The van der Waals surface area contributed by atoms with Gasteiger partial charge in [-0.3, -0.25) is 0 Å². The molecule has 0 saturated carbocycles. The van der Waals surface area contributed by atoms with E-state index in [4.69, 9.17) is 0 Å². The van der Waals surface area contributed by atoms with E-state index in [0.717, 1.165) is 41.4 Å². The molecule has 0 radical (unpaired) electrons. The van der Waals surface area contributed by atoms with Crippen LogP contribution in [0, 0.1) is 41.4 Å². The summed E-state index contributed by atoms with van der Waals surface area (Å²) in [7, 11) is 0. The topological polar surface area (TPSA) is 0 Å².